The van der Waals surface area contributed by atoms with Crippen LogP contribution in [0.25, 0.3) is 98.9 Å². The Hall–Kier alpha value is -13.9. The Morgan fingerprint density at radius 3 is 1.39 bits per heavy atom. The molecule has 21 nitrogen and oxygen atoms in total. The molecule has 0 radical (unpaired) electrons. The second-order valence-electron chi connectivity index (χ2n) is 25.2. The van der Waals surface area contributed by atoms with Gasteiger partial charge in [0.1, 0.15) is 57.7 Å². The standard InChI is InChI=1S/C21H21N3O2.C20H17N3O.C19H18N2O2.C15H14N2O3.C14H14N2OS/c1-5-24-19-12-16(26-4)10-11-17(19)18(13-22)20(24)14-6-8-15(9-7-14)21(25)23(2)3;1-3-23-19(11-6-14-4-7-15(22)8-5-14)18(13-21)17-10-9-16(24-2)12-20(17)23;1-4-21-18-11-15(23-3)9-10-16(18)17(12-20)19(21)13-5-7-14(22-2)8-6-13;1-3-17-8-12(14-7-16-9-20-14)11-5-4-10(6-13(11)17)15(18)19-2;1-3-16-9-12(14-15-6-7-18-14)11-5-4-10(17-2)8-13(11)16/h6-12H,5H2,1-4H3;4-5,7-10,12H,3,22H2,1-2H3;5-11H,4H2,1-3H3;4-9H,3H2,1-2H3;4-9H,3H2,1-2H3. The molecule has 7 aromatic heterocycles. The van der Waals surface area contributed by atoms with Gasteiger partial charge in [-0.15, -0.1) is 11.3 Å². The summed E-state index contributed by atoms with van der Waals surface area (Å²) in [4.78, 5) is 33.6. The number of nitriles is 3. The molecule has 0 aliphatic rings. The van der Waals surface area contributed by atoms with Crippen LogP contribution in [0.5, 0.6) is 28.7 Å². The van der Waals surface area contributed by atoms with Gasteiger partial charge in [-0.3, -0.25) is 4.79 Å². The zero-order chi connectivity index (χ0) is 79.0. The number of aromatic nitrogens is 7. The first-order valence-electron chi connectivity index (χ1n) is 35.8. The van der Waals surface area contributed by atoms with Crippen LogP contribution < -0.4 is 29.4 Å². The molecule has 2 N–H and O–H groups in total. The summed E-state index contributed by atoms with van der Waals surface area (Å²) in [5.41, 5.74) is 22.0. The molecular weight excluding hydrogens is 1410 g/mol. The lowest BCUT2D eigenvalue weighted by Crippen LogP contribution is -2.21. The van der Waals surface area contributed by atoms with Crippen molar-refractivity contribution >= 4 is 83.4 Å². The van der Waals surface area contributed by atoms with Crippen molar-refractivity contribution in [3.05, 3.63) is 239 Å². The highest BCUT2D eigenvalue weighted by atomic mass is 32.1. The van der Waals surface area contributed by atoms with E-state index < -0.39 is 0 Å². The topological polar surface area (TPSA) is 254 Å². The van der Waals surface area contributed by atoms with E-state index >= 15 is 0 Å². The molecule has 8 aromatic carbocycles. The van der Waals surface area contributed by atoms with E-state index in [1.165, 1.54) is 30.0 Å². The van der Waals surface area contributed by atoms with Crippen molar-refractivity contribution in [3.8, 4) is 103 Å². The van der Waals surface area contributed by atoms with E-state index in [9.17, 15) is 25.4 Å². The molecular formula is C89H84N12O9S. The Morgan fingerprint density at radius 2 is 0.937 bits per heavy atom. The molecule has 111 heavy (non-hydrogen) atoms. The normalized spacial score (nSPS) is 10.6. The lowest BCUT2D eigenvalue weighted by atomic mass is 10.0. The fraction of sp³-hybridized carbons (Fsp3) is 0.202. The number of amides is 1. The number of rotatable bonds is 16. The van der Waals surface area contributed by atoms with E-state index in [4.69, 9.17) is 38.6 Å². The predicted molar refractivity (Wildman–Crippen MR) is 439 cm³/mol. The molecule has 0 saturated carbocycles. The van der Waals surface area contributed by atoms with E-state index in [1.54, 1.807) is 90.3 Å². The maximum absolute atomic E-state index is 12.1. The van der Waals surface area contributed by atoms with Crippen molar-refractivity contribution in [3.63, 3.8) is 0 Å². The number of fused-ring (bicyclic) bond motifs is 5. The van der Waals surface area contributed by atoms with Crippen LogP contribution in [0.3, 0.4) is 0 Å². The van der Waals surface area contributed by atoms with Crippen molar-refractivity contribution in [1.29, 1.82) is 15.8 Å². The molecule has 0 bridgehead atoms. The molecule has 0 atom stereocenters. The zero-order valence-electron chi connectivity index (χ0n) is 64.2. The third-order valence-electron chi connectivity index (χ3n) is 18.9. The number of oxazole rings is 1. The second kappa shape index (κ2) is 35.6. The van der Waals surface area contributed by atoms with Crippen molar-refractivity contribution in [2.45, 2.75) is 67.3 Å². The van der Waals surface area contributed by atoms with Crippen molar-refractivity contribution in [2.24, 2.45) is 0 Å². The number of anilines is 1. The number of esters is 1. The molecule has 560 valence electrons. The van der Waals surface area contributed by atoms with Crippen molar-refractivity contribution in [2.75, 3.05) is 62.5 Å². The predicted octanol–water partition coefficient (Wildman–Crippen LogP) is 18.5. The number of carbonyl (C=O) groups excluding carboxylic acids is 2. The summed E-state index contributed by atoms with van der Waals surface area (Å²) < 4.78 is 47.2. The lowest BCUT2D eigenvalue weighted by Gasteiger charge is -2.12. The lowest BCUT2D eigenvalue weighted by molar-refractivity contribution is 0.0600. The quantitative estimate of drug-likeness (QED) is 0.0536. The van der Waals surface area contributed by atoms with Gasteiger partial charge in [0.05, 0.1) is 105 Å². The number of benzene rings is 8. The van der Waals surface area contributed by atoms with E-state index in [0.29, 0.717) is 39.3 Å². The number of hydrogen-bond donors (Lipinski definition) is 1. The highest BCUT2D eigenvalue weighted by Crippen LogP contribution is 2.40. The van der Waals surface area contributed by atoms with E-state index in [-0.39, 0.29) is 11.9 Å². The molecule has 15 aromatic rings. The number of methoxy groups -OCH3 is 6. The van der Waals surface area contributed by atoms with Crippen LogP contribution >= 0.6 is 11.3 Å². The molecule has 22 heteroatoms. The number of carbonyl (C=O) groups is 2. The molecule has 0 aliphatic carbocycles. The number of aryl methyl sites for hydroxylation is 5. The number of nitrogens with zero attached hydrogens (tertiary/aromatic N) is 11. The molecule has 15 rings (SSSR count). The van der Waals surface area contributed by atoms with Gasteiger partial charge in [0.25, 0.3) is 5.91 Å². The van der Waals surface area contributed by atoms with Crippen LogP contribution in [-0.2, 0) is 37.5 Å². The van der Waals surface area contributed by atoms with Crippen LogP contribution in [0.4, 0.5) is 5.69 Å². The van der Waals surface area contributed by atoms with Gasteiger partial charge < -0.3 is 66.3 Å². The highest BCUT2D eigenvalue weighted by molar-refractivity contribution is 7.13. The van der Waals surface area contributed by atoms with Crippen LogP contribution in [-0.4, -0.2) is 106 Å². The van der Waals surface area contributed by atoms with Crippen molar-refractivity contribution < 1.29 is 42.4 Å². The fourth-order valence-corrected chi connectivity index (χ4v) is 14.1. The molecule has 0 spiro atoms. The molecule has 1 amide bonds. The first-order valence-corrected chi connectivity index (χ1v) is 36.7. The van der Waals surface area contributed by atoms with Gasteiger partial charge in [-0.05, 0) is 173 Å². The Balaban J connectivity index is 0.000000138. The molecule has 0 unspecified atom stereocenters. The van der Waals surface area contributed by atoms with Gasteiger partial charge in [-0.25, -0.2) is 14.8 Å². The van der Waals surface area contributed by atoms with Gasteiger partial charge in [0, 0.05) is 155 Å². The highest BCUT2D eigenvalue weighted by Gasteiger charge is 2.23. The Bertz CT molecular complexity index is 6030. The third-order valence-corrected chi connectivity index (χ3v) is 19.8. The van der Waals surface area contributed by atoms with Gasteiger partial charge in [0.2, 0.25) is 0 Å². The van der Waals surface area contributed by atoms with E-state index in [1.807, 2.05) is 170 Å². The number of thiazole rings is 1. The van der Waals surface area contributed by atoms with Crippen LogP contribution in [0.1, 0.15) is 83.3 Å². The SMILES string of the molecule is CCn1c(-c2ccc(C(=O)N(C)C)cc2)c(C#N)c2ccc(OC)cc21.CCn1c(-c2ccc(OC)cc2)c(C#N)c2ccc(OC)cc21.CCn1c(C#Cc2ccc(N)cc2)c(C#N)c2ccc(OC)cc21.CCn1cc(-c2cnco2)c2ccc(C(=O)OC)cc21.CCn1cc(-c2nccs2)c2ccc(OC)cc21. The maximum atomic E-state index is 12.1. The largest absolute Gasteiger partial charge is 0.497 e. The average Bonchev–Trinajstić information content (AvgIpc) is 1.53. The molecule has 7 heterocycles. The van der Waals surface area contributed by atoms with Crippen LogP contribution in [0.2, 0.25) is 0 Å². The number of ether oxygens (including phenoxy) is 6. The first kappa shape index (κ1) is 78.1. The number of hydrogen-bond acceptors (Lipinski definition) is 16. The van der Waals surface area contributed by atoms with E-state index in [0.717, 1.165) is 149 Å². The Morgan fingerprint density at radius 1 is 0.495 bits per heavy atom. The Kier molecular flexibility index (Phi) is 25.1. The van der Waals surface area contributed by atoms with Gasteiger partial charge >= 0.3 is 5.97 Å². The summed E-state index contributed by atoms with van der Waals surface area (Å²) in [7, 11) is 13.1. The summed E-state index contributed by atoms with van der Waals surface area (Å²) in [6.07, 6.45) is 9.12. The summed E-state index contributed by atoms with van der Waals surface area (Å²) in [6, 6.07) is 58.5. The molecule has 0 fully saturated rings. The first-order chi connectivity index (χ1) is 54.0. The maximum Gasteiger partial charge on any atom is 0.337 e. The summed E-state index contributed by atoms with van der Waals surface area (Å²) in [5, 5.41) is 37.1. The summed E-state index contributed by atoms with van der Waals surface area (Å²) in [5.74, 6) is 10.6. The zero-order valence-corrected chi connectivity index (χ0v) is 65.0. The van der Waals surface area contributed by atoms with Gasteiger partial charge in [-0.2, -0.15) is 15.8 Å². The van der Waals surface area contributed by atoms with Gasteiger partial charge in [0.15, 0.2) is 12.2 Å². The second-order valence-corrected chi connectivity index (χ2v) is 26.1. The monoisotopic (exact) mass is 1500 g/mol. The fourth-order valence-electron chi connectivity index (χ4n) is 13.4. The molecule has 0 saturated heterocycles. The molecule has 0 aliphatic heterocycles. The summed E-state index contributed by atoms with van der Waals surface area (Å²) in [6.45, 7) is 14.3. The minimum atomic E-state index is -0.336. The minimum absolute atomic E-state index is 0.0437. The number of nitrogen functional groups attached to an aromatic ring is 1. The Labute approximate surface area is 648 Å². The van der Waals surface area contributed by atoms with Gasteiger partial charge in [-0.1, -0.05) is 24.1 Å². The minimum Gasteiger partial charge on any atom is -0.497 e. The smallest absolute Gasteiger partial charge is 0.337 e. The number of nitrogens with two attached hydrogens (primary N) is 1. The average molecular weight is 1500 g/mol. The third kappa shape index (κ3) is 16.3. The van der Waals surface area contributed by atoms with Crippen LogP contribution in [0.15, 0.2) is 205 Å². The summed E-state index contributed by atoms with van der Waals surface area (Å²) >= 11 is 1.67. The van der Waals surface area contributed by atoms with Crippen molar-refractivity contribution in [1.82, 2.24) is 37.7 Å². The van der Waals surface area contributed by atoms with E-state index in [2.05, 4.69) is 97.4 Å². The van der Waals surface area contributed by atoms with Crippen LogP contribution in [0, 0.1) is 45.8 Å².